The number of nitrogens with zero attached hydrogens (tertiary/aromatic N) is 4. The summed E-state index contributed by atoms with van der Waals surface area (Å²) in [7, 11) is 0. The number of nitrogen functional groups attached to an aromatic ring is 1. The first-order chi connectivity index (χ1) is 9.95. The number of hydrogen-bond acceptors (Lipinski definition) is 6. The maximum absolute atomic E-state index is 11.9. The Morgan fingerprint density at radius 1 is 1.29 bits per heavy atom. The van der Waals surface area contributed by atoms with Crippen LogP contribution in [0.3, 0.4) is 0 Å². The van der Waals surface area contributed by atoms with Crippen LogP contribution in [0.1, 0.15) is 22.0 Å². The van der Waals surface area contributed by atoms with E-state index < -0.39 is 0 Å². The van der Waals surface area contributed by atoms with Gasteiger partial charge >= 0.3 is 0 Å². The van der Waals surface area contributed by atoms with Gasteiger partial charge in [-0.2, -0.15) is 0 Å². The number of anilines is 1. The molecular formula is C14H15N5OS. The maximum atomic E-state index is 11.9. The zero-order valence-electron chi connectivity index (χ0n) is 12.0. The summed E-state index contributed by atoms with van der Waals surface area (Å²) in [5, 5.41) is 0.913. The third-order valence-electron chi connectivity index (χ3n) is 3.43. The van der Waals surface area contributed by atoms with Gasteiger partial charge < -0.3 is 5.73 Å². The summed E-state index contributed by atoms with van der Waals surface area (Å²) < 4.78 is 1.47. The lowest BCUT2D eigenvalue weighted by Crippen LogP contribution is -2.21. The highest BCUT2D eigenvalue weighted by Crippen LogP contribution is 2.31. The van der Waals surface area contributed by atoms with Crippen molar-refractivity contribution in [3.63, 3.8) is 0 Å². The third kappa shape index (κ3) is 2.40. The zero-order chi connectivity index (χ0) is 15.1. The third-order valence-corrected chi connectivity index (χ3v) is 4.53. The molecule has 108 valence electrons. The molecule has 0 radical (unpaired) electrons. The molecule has 0 bridgehead atoms. The highest BCUT2D eigenvalue weighted by molar-refractivity contribution is 7.18. The lowest BCUT2D eigenvalue weighted by molar-refractivity contribution is 0.698. The van der Waals surface area contributed by atoms with Crippen LogP contribution in [0.25, 0.3) is 10.2 Å². The quantitative estimate of drug-likeness (QED) is 0.780. The van der Waals surface area contributed by atoms with Gasteiger partial charge in [-0.05, 0) is 26.3 Å². The molecule has 0 aliphatic carbocycles. The van der Waals surface area contributed by atoms with Crippen molar-refractivity contribution in [3.8, 4) is 0 Å². The summed E-state index contributed by atoms with van der Waals surface area (Å²) in [6.07, 6.45) is 1.51. The van der Waals surface area contributed by atoms with Gasteiger partial charge in [0.15, 0.2) is 5.82 Å². The molecule has 0 unspecified atom stereocenters. The molecule has 0 aromatic carbocycles. The van der Waals surface area contributed by atoms with Crippen LogP contribution in [0.4, 0.5) is 5.82 Å². The van der Waals surface area contributed by atoms with Gasteiger partial charge in [-0.1, -0.05) is 0 Å². The van der Waals surface area contributed by atoms with E-state index in [1.165, 1.54) is 21.8 Å². The minimum absolute atomic E-state index is 0.122. The fraction of sp³-hybridized carbons (Fsp3) is 0.286. The monoisotopic (exact) mass is 301 g/mol. The first-order valence-corrected chi connectivity index (χ1v) is 7.32. The number of thiophene rings is 1. The molecule has 0 saturated heterocycles. The fourth-order valence-electron chi connectivity index (χ4n) is 2.18. The molecule has 0 fully saturated rings. The predicted octanol–water partition coefficient (Wildman–Crippen LogP) is 1.80. The van der Waals surface area contributed by atoms with Gasteiger partial charge in [-0.25, -0.2) is 15.0 Å². The van der Waals surface area contributed by atoms with Crippen molar-refractivity contribution in [3.05, 3.63) is 44.7 Å². The van der Waals surface area contributed by atoms with Gasteiger partial charge in [0.1, 0.15) is 10.6 Å². The van der Waals surface area contributed by atoms with Crippen LogP contribution in [0.2, 0.25) is 0 Å². The van der Waals surface area contributed by atoms with Crippen LogP contribution in [0.15, 0.2) is 17.2 Å². The van der Waals surface area contributed by atoms with E-state index in [9.17, 15) is 4.79 Å². The molecule has 3 rings (SSSR count). The van der Waals surface area contributed by atoms with Gasteiger partial charge in [-0.3, -0.25) is 9.36 Å². The van der Waals surface area contributed by atoms with Crippen molar-refractivity contribution < 1.29 is 0 Å². The first kappa shape index (κ1) is 13.7. The molecule has 0 aliphatic heterocycles. The summed E-state index contributed by atoms with van der Waals surface area (Å²) in [4.78, 5) is 26.9. The molecule has 3 aromatic heterocycles. The van der Waals surface area contributed by atoms with E-state index in [2.05, 4.69) is 15.0 Å². The van der Waals surface area contributed by atoms with Crippen LogP contribution in [0.5, 0.6) is 0 Å². The fourth-order valence-corrected chi connectivity index (χ4v) is 3.24. The van der Waals surface area contributed by atoms with E-state index >= 15 is 0 Å². The van der Waals surface area contributed by atoms with E-state index in [1.807, 2.05) is 13.8 Å². The van der Waals surface area contributed by atoms with Crippen LogP contribution in [0, 0.1) is 20.8 Å². The summed E-state index contributed by atoms with van der Waals surface area (Å²) in [5.41, 5.74) is 7.73. The Morgan fingerprint density at radius 3 is 2.76 bits per heavy atom. The first-order valence-electron chi connectivity index (χ1n) is 6.51. The normalized spacial score (nSPS) is 11.2. The molecule has 7 heteroatoms. The highest BCUT2D eigenvalue weighted by Gasteiger charge is 2.13. The van der Waals surface area contributed by atoms with Crippen molar-refractivity contribution in [2.45, 2.75) is 27.3 Å². The molecule has 2 N–H and O–H groups in total. The Bertz CT molecular complexity index is 896. The van der Waals surface area contributed by atoms with Crippen LogP contribution < -0.4 is 11.3 Å². The van der Waals surface area contributed by atoms with Crippen molar-refractivity contribution >= 4 is 27.4 Å². The highest BCUT2D eigenvalue weighted by atomic mass is 32.1. The second kappa shape index (κ2) is 4.92. The van der Waals surface area contributed by atoms with Crippen LogP contribution in [-0.4, -0.2) is 19.5 Å². The number of aryl methyl sites for hydroxylation is 3. The average molecular weight is 301 g/mol. The Hall–Kier alpha value is -2.28. The SMILES string of the molecule is Cc1cc(=O)n(Cc2nc(N)c3c(C)c(C)sc3n2)cn1. The second-order valence-electron chi connectivity index (χ2n) is 4.98. The number of rotatable bonds is 2. The maximum Gasteiger partial charge on any atom is 0.253 e. The topological polar surface area (TPSA) is 86.7 Å². The van der Waals surface area contributed by atoms with Gasteiger partial charge in [0, 0.05) is 16.6 Å². The minimum atomic E-state index is -0.122. The Morgan fingerprint density at radius 2 is 2.05 bits per heavy atom. The molecule has 0 amide bonds. The van der Waals surface area contributed by atoms with Gasteiger partial charge in [0.2, 0.25) is 0 Å². The van der Waals surface area contributed by atoms with E-state index in [-0.39, 0.29) is 12.1 Å². The van der Waals surface area contributed by atoms with Crippen LogP contribution in [-0.2, 0) is 6.54 Å². The summed E-state index contributed by atoms with van der Waals surface area (Å²) in [5.74, 6) is 0.985. The molecule has 0 spiro atoms. The minimum Gasteiger partial charge on any atom is -0.383 e. The van der Waals surface area contributed by atoms with E-state index in [1.54, 1.807) is 18.3 Å². The summed E-state index contributed by atoms with van der Waals surface area (Å²) >= 11 is 1.59. The number of fused-ring (bicyclic) bond motifs is 1. The Balaban J connectivity index is 2.07. The van der Waals surface area contributed by atoms with Crippen molar-refractivity contribution in [2.24, 2.45) is 0 Å². The molecule has 0 saturated carbocycles. The lowest BCUT2D eigenvalue weighted by Gasteiger charge is -2.06. The van der Waals surface area contributed by atoms with Crippen molar-refractivity contribution in [1.29, 1.82) is 0 Å². The standard InChI is InChI=1S/C14H15N5OS/c1-7-4-11(20)19(6-16-7)5-10-17-13(15)12-8(2)9(3)21-14(12)18-10/h4,6H,5H2,1-3H3,(H2,15,17,18). The smallest absolute Gasteiger partial charge is 0.253 e. The number of hydrogen-bond donors (Lipinski definition) is 1. The number of aromatic nitrogens is 4. The molecule has 21 heavy (non-hydrogen) atoms. The number of nitrogens with two attached hydrogens (primary N) is 1. The molecule has 0 aliphatic rings. The average Bonchev–Trinajstić information content (AvgIpc) is 2.69. The molecule has 3 heterocycles. The van der Waals surface area contributed by atoms with Crippen LogP contribution >= 0.6 is 11.3 Å². The van der Waals surface area contributed by atoms with E-state index in [4.69, 9.17) is 5.73 Å². The molecule has 0 atom stereocenters. The van der Waals surface area contributed by atoms with Gasteiger partial charge in [0.05, 0.1) is 18.3 Å². The van der Waals surface area contributed by atoms with Gasteiger partial charge in [-0.15, -0.1) is 11.3 Å². The van der Waals surface area contributed by atoms with E-state index in [0.717, 1.165) is 15.8 Å². The zero-order valence-corrected chi connectivity index (χ0v) is 12.9. The molecular weight excluding hydrogens is 286 g/mol. The predicted molar refractivity (Wildman–Crippen MR) is 83.6 cm³/mol. The van der Waals surface area contributed by atoms with E-state index in [0.29, 0.717) is 17.3 Å². The molecule has 6 nitrogen and oxygen atoms in total. The molecule has 3 aromatic rings. The van der Waals surface area contributed by atoms with Crippen molar-refractivity contribution in [2.75, 3.05) is 5.73 Å². The summed E-state index contributed by atoms with van der Waals surface area (Å²) in [6.45, 7) is 6.10. The van der Waals surface area contributed by atoms with Gasteiger partial charge in [0.25, 0.3) is 5.56 Å². The summed E-state index contributed by atoms with van der Waals surface area (Å²) in [6, 6.07) is 1.49. The largest absolute Gasteiger partial charge is 0.383 e. The van der Waals surface area contributed by atoms with Crippen molar-refractivity contribution in [1.82, 2.24) is 19.5 Å². The lowest BCUT2D eigenvalue weighted by atomic mass is 10.2. The Kier molecular flexibility index (Phi) is 3.21. The second-order valence-corrected chi connectivity index (χ2v) is 6.19. The Labute approximate surface area is 125 Å².